The van der Waals surface area contributed by atoms with E-state index in [0.717, 1.165) is 17.5 Å². The highest BCUT2D eigenvalue weighted by Crippen LogP contribution is 2.16. The Morgan fingerprint density at radius 1 is 1.38 bits per heavy atom. The van der Waals surface area contributed by atoms with Gasteiger partial charge in [-0.3, -0.25) is 0 Å². The molecule has 1 aromatic rings. The van der Waals surface area contributed by atoms with Gasteiger partial charge in [0.1, 0.15) is 0 Å². The van der Waals surface area contributed by atoms with E-state index in [4.69, 9.17) is 5.73 Å². The van der Waals surface area contributed by atoms with E-state index in [0.29, 0.717) is 5.69 Å². The van der Waals surface area contributed by atoms with Gasteiger partial charge in [-0.25, -0.2) is 8.42 Å². The minimum atomic E-state index is -3.20. The van der Waals surface area contributed by atoms with Crippen LogP contribution in [0.3, 0.4) is 0 Å². The number of sulfonamides is 1. The quantitative estimate of drug-likeness (QED) is 0.541. The van der Waals surface area contributed by atoms with Gasteiger partial charge in [0.05, 0.1) is 12.4 Å². The molecule has 1 atom stereocenters. The van der Waals surface area contributed by atoms with Gasteiger partial charge in [0.2, 0.25) is 10.0 Å². The lowest BCUT2D eigenvalue weighted by molar-refractivity contribution is 0.578. The topological polar surface area (TPSA) is 84.2 Å². The van der Waals surface area contributed by atoms with Crippen LogP contribution in [0.4, 0.5) is 11.4 Å². The first-order valence-electron chi connectivity index (χ1n) is 4.88. The lowest BCUT2D eigenvalue weighted by atomic mass is 10.2. The number of benzene rings is 1. The summed E-state index contributed by atoms with van der Waals surface area (Å²) in [7, 11) is -3.20. The van der Waals surface area contributed by atoms with E-state index < -0.39 is 10.0 Å². The zero-order chi connectivity index (χ0) is 12.3. The first kappa shape index (κ1) is 12.8. The van der Waals surface area contributed by atoms with Crippen molar-refractivity contribution in [1.82, 2.24) is 4.72 Å². The standard InChI is InChI=1S/C10H17N3O2S/c1-7-6-9(4-5-10(7)11)12-8(2)13-16(3,14)15/h4-6,8,12-13H,11H2,1-3H3. The molecular formula is C10H17N3O2S. The summed E-state index contributed by atoms with van der Waals surface area (Å²) < 4.78 is 24.4. The van der Waals surface area contributed by atoms with Gasteiger partial charge in [-0.2, -0.15) is 4.72 Å². The highest BCUT2D eigenvalue weighted by molar-refractivity contribution is 7.88. The van der Waals surface area contributed by atoms with E-state index in [9.17, 15) is 8.42 Å². The van der Waals surface area contributed by atoms with Crippen LogP contribution in [0.1, 0.15) is 12.5 Å². The molecule has 0 aliphatic carbocycles. The highest BCUT2D eigenvalue weighted by atomic mass is 32.2. The monoisotopic (exact) mass is 243 g/mol. The molecule has 4 N–H and O–H groups in total. The zero-order valence-electron chi connectivity index (χ0n) is 9.61. The highest BCUT2D eigenvalue weighted by Gasteiger charge is 2.08. The Bertz CT molecular complexity index is 471. The van der Waals surface area contributed by atoms with E-state index in [2.05, 4.69) is 10.0 Å². The van der Waals surface area contributed by atoms with Gasteiger partial charge < -0.3 is 11.1 Å². The predicted molar refractivity (Wildman–Crippen MR) is 66.7 cm³/mol. The van der Waals surface area contributed by atoms with E-state index >= 15 is 0 Å². The molecule has 1 aromatic carbocycles. The molecule has 0 amide bonds. The van der Waals surface area contributed by atoms with Crippen LogP contribution in [0.15, 0.2) is 18.2 Å². The lowest BCUT2D eigenvalue weighted by Gasteiger charge is -2.16. The van der Waals surface area contributed by atoms with Gasteiger partial charge in [-0.15, -0.1) is 0 Å². The summed E-state index contributed by atoms with van der Waals surface area (Å²) in [6.07, 6.45) is 0.761. The molecule has 16 heavy (non-hydrogen) atoms. The molecule has 0 heterocycles. The van der Waals surface area contributed by atoms with Crippen LogP contribution >= 0.6 is 0 Å². The molecule has 0 saturated heterocycles. The fraction of sp³-hybridized carbons (Fsp3) is 0.400. The largest absolute Gasteiger partial charge is 0.399 e. The number of nitrogens with one attached hydrogen (secondary N) is 2. The van der Waals surface area contributed by atoms with Crippen molar-refractivity contribution in [3.8, 4) is 0 Å². The van der Waals surface area contributed by atoms with Crippen LogP contribution in [-0.2, 0) is 10.0 Å². The van der Waals surface area contributed by atoms with Crippen LogP contribution < -0.4 is 15.8 Å². The molecule has 1 rings (SSSR count). The maximum Gasteiger partial charge on any atom is 0.210 e. The Balaban J connectivity index is 2.70. The van der Waals surface area contributed by atoms with E-state index in [1.54, 1.807) is 13.0 Å². The van der Waals surface area contributed by atoms with Crippen molar-refractivity contribution in [3.63, 3.8) is 0 Å². The lowest BCUT2D eigenvalue weighted by Crippen LogP contribution is -2.37. The number of nitrogen functional groups attached to an aromatic ring is 1. The Labute approximate surface area is 96.1 Å². The van der Waals surface area contributed by atoms with Crippen molar-refractivity contribution in [1.29, 1.82) is 0 Å². The van der Waals surface area contributed by atoms with Crippen LogP contribution in [0.5, 0.6) is 0 Å². The van der Waals surface area contributed by atoms with Crippen LogP contribution in [0.2, 0.25) is 0 Å². The molecule has 0 spiro atoms. The summed E-state index contributed by atoms with van der Waals surface area (Å²) in [5.41, 5.74) is 8.18. The normalized spacial score (nSPS) is 13.4. The second kappa shape index (κ2) is 4.71. The summed E-state index contributed by atoms with van der Waals surface area (Å²) in [4.78, 5) is 0. The molecule has 0 aliphatic heterocycles. The van der Waals surface area contributed by atoms with Crippen molar-refractivity contribution < 1.29 is 8.42 Å². The molecular weight excluding hydrogens is 226 g/mol. The van der Waals surface area contributed by atoms with Crippen molar-refractivity contribution in [2.45, 2.75) is 20.0 Å². The summed E-state index contributed by atoms with van der Waals surface area (Å²) in [5.74, 6) is 0. The Kier molecular flexibility index (Phi) is 3.77. The van der Waals surface area contributed by atoms with Crippen molar-refractivity contribution in [2.75, 3.05) is 17.3 Å². The molecule has 0 bridgehead atoms. The molecule has 90 valence electrons. The van der Waals surface area contributed by atoms with Crippen molar-refractivity contribution in [3.05, 3.63) is 23.8 Å². The molecule has 6 heteroatoms. The second-order valence-electron chi connectivity index (χ2n) is 3.83. The maximum absolute atomic E-state index is 11.0. The minimum absolute atomic E-state index is 0.363. The van der Waals surface area contributed by atoms with Crippen molar-refractivity contribution >= 4 is 21.4 Å². The third-order valence-corrected chi connectivity index (χ3v) is 2.83. The molecule has 0 radical (unpaired) electrons. The zero-order valence-corrected chi connectivity index (χ0v) is 10.4. The Morgan fingerprint density at radius 2 is 2.00 bits per heavy atom. The molecule has 5 nitrogen and oxygen atoms in total. The summed E-state index contributed by atoms with van der Waals surface area (Å²) in [6.45, 7) is 3.63. The minimum Gasteiger partial charge on any atom is -0.399 e. The third-order valence-electron chi connectivity index (χ3n) is 2.04. The number of hydrogen-bond acceptors (Lipinski definition) is 4. The first-order chi connectivity index (χ1) is 7.28. The van der Waals surface area contributed by atoms with Gasteiger partial charge in [0.15, 0.2) is 0 Å². The summed E-state index contributed by atoms with van der Waals surface area (Å²) in [6, 6.07) is 5.46. The van der Waals surface area contributed by atoms with Gasteiger partial charge in [0.25, 0.3) is 0 Å². The Hall–Kier alpha value is -1.27. The van der Waals surface area contributed by atoms with Gasteiger partial charge in [-0.05, 0) is 37.6 Å². The molecule has 1 unspecified atom stereocenters. The fourth-order valence-corrected chi connectivity index (χ4v) is 2.07. The summed E-state index contributed by atoms with van der Waals surface area (Å²) >= 11 is 0. The van der Waals surface area contributed by atoms with Gasteiger partial charge in [0, 0.05) is 11.4 Å². The maximum atomic E-state index is 11.0. The number of anilines is 2. The van der Waals surface area contributed by atoms with Crippen molar-refractivity contribution in [2.24, 2.45) is 0 Å². The smallest absolute Gasteiger partial charge is 0.210 e. The molecule has 0 fully saturated rings. The summed E-state index contributed by atoms with van der Waals surface area (Å²) in [5, 5.41) is 3.02. The SMILES string of the molecule is Cc1cc(NC(C)NS(C)(=O)=O)ccc1N. The predicted octanol–water partition coefficient (Wildman–Crippen LogP) is 0.884. The van der Waals surface area contributed by atoms with E-state index in [1.165, 1.54) is 0 Å². The number of aryl methyl sites for hydroxylation is 1. The average molecular weight is 243 g/mol. The molecule has 0 aliphatic rings. The van der Waals surface area contributed by atoms with Crippen LogP contribution in [0.25, 0.3) is 0 Å². The number of nitrogens with two attached hydrogens (primary N) is 1. The van der Waals surface area contributed by atoms with Crippen LogP contribution in [0, 0.1) is 6.92 Å². The first-order valence-corrected chi connectivity index (χ1v) is 6.77. The number of rotatable bonds is 4. The molecule has 0 aromatic heterocycles. The second-order valence-corrected chi connectivity index (χ2v) is 5.61. The van der Waals surface area contributed by atoms with E-state index in [-0.39, 0.29) is 6.17 Å². The van der Waals surface area contributed by atoms with E-state index in [1.807, 2.05) is 19.1 Å². The molecule has 0 saturated carbocycles. The van der Waals surface area contributed by atoms with Gasteiger partial charge >= 0.3 is 0 Å². The van der Waals surface area contributed by atoms with Crippen LogP contribution in [-0.4, -0.2) is 20.8 Å². The fourth-order valence-electron chi connectivity index (χ4n) is 1.37. The Morgan fingerprint density at radius 3 is 2.50 bits per heavy atom. The third kappa shape index (κ3) is 4.08. The average Bonchev–Trinajstić information content (AvgIpc) is 2.08. The number of hydrogen-bond donors (Lipinski definition) is 3. The van der Waals surface area contributed by atoms with Gasteiger partial charge in [-0.1, -0.05) is 0 Å².